The van der Waals surface area contributed by atoms with E-state index < -0.39 is 0 Å². The van der Waals surface area contributed by atoms with E-state index in [-0.39, 0.29) is 30.0 Å². The molecule has 1 atom stereocenters. The van der Waals surface area contributed by atoms with Crippen molar-refractivity contribution in [2.24, 2.45) is 4.99 Å². The second-order valence-electron chi connectivity index (χ2n) is 6.07. The number of aryl methyl sites for hydroxylation is 1. The van der Waals surface area contributed by atoms with E-state index in [2.05, 4.69) is 50.7 Å². The summed E-state index contributed by atoms with van der Waals surface area (Å²) < 4.78 is 1.96. The molecule has 0 bridgehead atoms. The summed E-state index contributed by atoms with van der Waals surface area (Å²) >= 11 is 0. The third-order valence-electron chi connectivity index (χ3n) is 4.22. The number of guanidine groups is 1. The van der Waals surface area contributed by atoms with E-state index in [1.807, 2.05) is 48.1 Å². The summed E-state index contributed by atoms with van der Waals surface area (Å²) in [6.07, 6.45) is 5.55. The molecule has 0 radical (unpaired) electrons. The Morgan fingerprint density at radius 3 is 2.52 bits per heavy atom. The maximum atomic E-state index is 4.52. The van der Waals surface area contributed by atoms with E-state index >= 15 is 0 Å². The van der Waals surface area contributed by atoms with Crippen LogP contribution in [0.2, 0.25) is 0 Å². The van der Waals surface area contributed by atoms with Crippen molar-refractivity contribution < 1.29 is 0 Å². The van der Waals surface area contributed by atoms with Crippen LogP contribution in [0.5, 0.6) is 0 Å². The molecule has 3 aromatic rings. The molecular formula is C20H25IN6. The van der Waals surface area contributed by atoms with Crippen molar-refractivity contribution in [1.82, 2.24) is 25.2 Å². The van der Waals surface area contributed by atoms with Crippen LogP contribution in [0.25, 0.3) is 5.82 Å². The lowest BCUT2D eigenvalue weighted by Gasteiger charge is -2.18. The third kappa shape index (κ3) is 5.53. The van der Waals surface area contributed by atoms with Gasteiger partial charge in [-0.2, -0.15) is 0 Å². The van der Waals surface area contributed by atoms with Gasteiger partial charge in [-0.1, -0.05) is 36.4 Å². The summed E-state index contributed by atoms with van der Waals surface area (Å²) in [5, 5.41) is 6.73. The summed E-state index contributed by atoms with van der Waals surface area (Å²) in [4.78, 5) is 13.0. The van der Waals surface area contributed by atoms with E-state index in [1.165, 1.54) is 5.56 Å². The zero-order valence-electron chi connectivity index (χ0n) is 15.8. The number of imidazole rings is 1. The zero-order chi connectivity index (χ0) is 18.4. The number of halogens is 1. The average Bonchev–Trinajstić information content (AvgIpc) is 3.12. The number of rotatable bonds is 5. The topological polar surface area (TPSA) is 67.1 Å². The van der Waals surface area contributed by atoms with Gasteiger partial charge in [0.25, 0.3) is 0 Å². The van der Waals surface area contributed by atoms with E-state index in [0.29, 0.717) is 6.54 Å². The van der Waals surface area contributed by atoms with Crippen molar-refractivity contribution in [2.45, 2.75) is 26.4 Å². The van der Waals surface area contributed by atoms with Crippen molar-refractivity contribution in [3.8, 4) is 5.82 Å². The molecule has 1 unspecified atom stereocenters. The second-order valence-corrected chi connectivity index (χ2v) is 6.07. The van der Waals surface area contributed by atoms with E-state index in [4.69, 9.17) is 0 Å². The van der Waals surface area contributed by atoms with Crippen LogP contribution in [0.15, 0.2) is 66.0 Å². The largest absolute Gasteiger partial charge is 0.352 e. The molecule has 2 heterocycles. The van der Waals surface area contributed by atoms with Gasteiger partial charge in [-0.15, -0.1) is 24.0 Å². The highest BCUT2D eigenvalue weighted by Crippen LogP contribution is 2.11. The van der Waals surface area contributed by atoms with Crippen molar-refractivity contribution in [3.05, 3.63) is 78.0 Å². The number of aromatic nitrogens is 3. The number of aliphatic imine (C=N–C) groups is 1. The van der Waals surface area contributed by atoms with Crippen LogP contribution in [-0.4, -0.2) is 27.5 Å². The molecule has 0 aliphatic rings. The highest BCUT2D eigenvalue weighted by molar-refractivity contribution is 14.0. The Morgan fingerprint density at radius 2 is 1.93 bits per heavy atom. The Kier molecular flexibility index (Phi) is 7.78. The minimum Gasteiger partial charge on any atom is -0.352 e. The molecule has 0 saturated carbocycles. The Hall–Kier alpha value is -2.42. The van der Waals surface area contributed by atoms with Gasteiger partial charge in [-0.25, -0.2) is 9.97 Å². The molecule has 2 aromatic heterocycles. The molecule has 6 nitrogen and oxygen atoms in total. The Labute approximate surface area is 177 Å². The van der Waals surface area contributed by atoms with Crippen molar-refractivity contribution in [1.29, 1.82) is 0 Å². The minimum absolute atomic E-state index is 0. The van der Waals surface area contributed by atoms with Crippen LogP contribution >= 0.6 is 24.0 Å². The smallest absolute Gasteiger partial charge is 0.191 e. The number of hydrogen-bond donors (Lipinski definition) is 2. The van der Waals surface area contributed by atoms with Gasteiger partial charge in [0.1, 0.15) is 11.6 Å². The fourth-order valence-corrected chi connectivity index (χ4v) is 2.69. The number of nitrogens with one attached hydrogen (secondary N) is 2. The highest BCUT2D eigenvalue weighted by Gasteiger charge is 2.07. The van der Waals surface area contributed by atoms with Gasteiger partial charge in [0.15, 0.2) is 5.96 Å². The molecule has 0 spiro atoms. The molecule has 0 amide bonds. The van der Waals surface area contributed by atoms with Crippen molar-refractivity contribution in [2.75, 3.05) is 7.05 Å². The maximum absolute atomic E-state index is 4.52. The maximum Gasteiger partial charge on any atom is 0.191 e. The predicted octanol–water partition coefficient (Wildman–Crippen LogP) is 3.62. The number of benzene rings is 1. The van der Waals surface area contributed by atoms with Gasteiger partial charge in [0.05, 0.1) is 6.04 Å². The summed E-state index contributed by atoms with van der Waals surface area (Å²) in [7, 11) is 1.77. The molecule has 0 aliphatic heterocycles. The first-order valence-electron chi connectivity index (χ1n) is 8.65. The molecule has 2 N–H and O–H groups in total. The minimum atomic E-state index is 0. The molecule has 0 fully saturated rings. The van der Waals surface area contributed by atoms with Crippen LogP contribution < -0.4 is 10.6 Å². The number of hydrogen-bond acceptors (Lipinski definition) is 3. The number of nitrogens with zero attached hydrogens (tertiary/aromatic N) is 4. The van der Waals surface area contributed by atoms with Crippen LogP contribution in [0, 0.1) is 6.92 Å². The standard InChI is InChI=1S/C20H24N6.HI/c1-15(18-7-5-4-6-8-18)25-20(21-3)24-14-17-9-10-19(23-13-17)26-12-11-22-16(26)2;/h4-13,15H,14H2,1-3H3,(H2,21,24,25);1H. The first kappa shape index (κ1) is 20.9. The van der Waals surface area contributed by atoms with Gasteiger partial charge in [-0.3, -0.25) is 9.56 Å². The molecule has 1 aromatic carbocycles. The number of pyridine rings is 1. The molecule has 3 rings (SSSR count). The van der Waals surface area contributed by atoms with Gasteiger partial charge in [-0.05, 0) is 31.0 Å². The van der Waals surface area contributed by atoms with E-state index in [0.717, 1.165) is 23.2 Å². The lowest BCUT2D eigenvalue weighted by molar-refractivity contribution is 0.685. The summed E-state index contributed by atoms with van der Waals surface area (Å²) in [6, 6.07) is 14.5. The van der Waals surface area contributed by atoms with Gasteiger partial charge < -0.3 is 10.6 Å². The van der Waals surface area contributed by atoms with Gasteiger partial charge >= 0.3 is 0 Å². The van der Waals surface area contributed by atoms with Crippen molar-refractivity contribution >= 4 is 29.9 Å². The van der Waals surface area contributed by atoms with E-state index in [1.54, 1.807) is 13.2 Å². The Morgan fingerprint density at radius 1 is 1.15 bits per heavy atom. The molecule has 0 saturated heterocycles. The quantitative estimate of drug-likeness (QED) is 0.336. The zero-order valence-corrected chi connectivity index (χ0v) is 18.1. The van der Waals surface area contributed by atoms with Gasteiger partial charge in [0, 0.05) is 32.2 Å². The summed E-state index contributed by atoms with van der Waals surface area (Å²) in [5.74, 6) is 2.54. The highest BCUT2D eigenvalue weighted by atomic mass is 127. The fraction of sp³-hybridized carbons (Fsp3) is 0.250. The van der Waals surface area contributed by atoms with Gasteiger partial charge in [0.2, 0.25) is 0 Å². The normalized spacial score (nSPS) is 12.2. The first-order chi connectivity index (χ1) is 12.7. The van der Waals surface area contributed by atoms with Crippen LogP contribution in [0.4, 0.5) is 0 Å². The van der Waals surface area contributed by atoms with Crippen LogP contribution in [0.3, 0.4) is 0 Å². The monoisotopic (exact) mass is 476 g/mol. The fourth-order valence-electron chi connectivity index (χ4n) is 2.69. The predicted molar refractivity (Wildman–Crippen MR) is 120 cm³/mol. The molecule has 0 aliphatic carbocycles. The molecule has 142 valence electrons. The summed E-state index contributed by atoms with van der Waals surface area (Å²) in [6.45, 7) is 4.73. The molecule has 7 heteroatoms. The van der Waals surface area contributed by atoms with E-state index in [9.17, 15) is 0 Å². The second kappa shape index (κ2) is 10.1. The summed E-state index contributed by atoms with van der Waals surface area (Å²) in [5.41, 5.74) is 2.30. The average molecular weight is 476 g/mol. The van der Waals surface area contributed by atoms with Crippen LogP contribution in [0.1, 0.15) is 29.9 Å². The van der Waals surface area contributed by atoms with Crippen molar-refractivity contribution in [3.63, 3.8) is 0 Å². The third-order valence-corrected chi connectivity index (χ3v) is 4.22. The SMILES string of the molecule is CN=C(NCc1ccc(-n2ccnc2C)nc1)NC(C)c1ccccc1.I. The lowest BCUT2D eigenvalue weighted by atomic mass is 10.1. The molecular weight excluding hydrogens is 451 g/mol. The molecule has 27 heavy (non-hydrogen) atoms. The Balaban J connectivity index is 0.00000261. The first-order valence-corrected chi connectivity index (χ1v) is 8.65. The lowest BCUT2D eigenvalue weighted by Crippen LogP contribution is -2.38. The Bertz CT molecular complexity index is 858. The van der Waals surface area contributed by atoms with Crippen LogP contribution in [-0.2, 0) is 6.54 Å².